The number of carbonyl (C=O) groups excluding carboxylic acids is 1. The minimum atomic E-state index is -1.16. The number of carboxylic acid groups (broad SMARTS) is 1. The van der Waals surface area contributed by atoms with Crippen LogP contribution in [0, 0.1) is 16.0 Å². The number of nitro groups is 1. The molecule has 86 valence electrons. The maximum absolute atomic E-state index is 11.0. The van der Waals surface area contributed by atoms with Crippen molar-refractivity contribution < 1.29 is 24.4 Å². The molecule has 0 aromatic heterocycles. The second kappa shape index (κ2) is 6.74. The fourth-order valence-corrected chi connectivity index (χ4v) is 1.11. The van der Waals surface area contributed by atoms with Gasteiger partial charge >= 0.3 is 11.9 Å². The van der Waals surface area contributed by atoms with Crippen LogP contribution in [-0.2, 0) is 14.3 Å². The second-order valence-electron chi connectivity index (χ2n) is 2.99. The van der Waals surface area contributed by atoms with Crippen molar-refractivity contribution >= 4 is 11.9 Å². The molecule has 7 nitrogen and oxygen atoms in total. The van der Waals surface area contributed by atoms with Gasteiger partial charge in [-0.05, 0) is 6.92 Å². The highest BCUT2D eigenvalue weighted by molar-refractivity contribution is 5.72. The third kappa shape index (κ3) is 7.41. The Labute approximate surface area is 86.2 Å². The first-order chi connectivity index (χ1) is 6.95. The number of carbonyl (C=O) groups is 2. The molecule has 7 heteroatoms. The van der Waals surface area contributed by atoms with Crippen LogP contribution in [0.2, 0.25) is 0 Å². The first kappa shape index (κ1) is 13.3. The largest absolute Gasteiger partial charge is 0.481 e. The van der Waals surface area contributed by atoms with Crippen LogP contribution in [0.3, 0.4) is 0 Å². The second-order valence-corrected chi connectivity index (χ2v) is 2.99. The van der Waals surface area contributed by atoms with Crippen molar-refractivity contribution in [2.45, 2.75) is 19.8 Å². The van der Waals surface area contributed by atoms with E-state index in [0.717, 1.165) is 0 Å². The molecule has 1 unspecified atom stereocenters. The Morgan fingerprint density at radius 3 is 2.47 bits per heavy atom. The van der Waals surface area contributed by atoms with Crippen molar-refractivity contribution in [2.24, 2.45) is 5.92 Å². The summed E-state index contributed by atoms with van der Waals surface area (Å²) in [5.41, 5.74) is 0. The highest BCUT2D eigenvalue weighted by Gasteiger charge is 2.22. The third-order valence-corrected chi connectivity index (χ3v) is 1.63. The number of hydrogen-bond acceptors (Lipinski definition) is 5. The molecule has 0 aliphatic heterocycles. The molecule has 0 amide bonds. The zero-order valence-corrected chi connectivity index (χ0v) is 8.34. The maximum Gasteiger partial charge on any atom is 0.306 e. The lowest BCUT2D eigenvalue weighted by molar-refractivity contribution is -0.488. The molecule has 1 N–H and O–H groups in total. The van der Waals surface area contributed by atoms with Crippen LogP contribution in [0.1, 0.15) is 19.8 Å². The van der Waals surface area contributed by atoms with Gasteiger partial charge in [0.05, 0.1) is 19.4 Å². The van der Waals surface area contributed by atoms with Crippen LogP contribution in [-0.4, -0.2) is 35.1 Å². The van der Waals surface area contributed by atoms with Crippen molar-refractivity contribution in [3.8, 4) is 0 Å². The molecule has 0 heterocycles. The maximum atomic E-state index is 11.0. The van der Waals surface area contributed by atoms with Gasteiger partial charge in [0.2, 0.25) is 6.54 Å². The topological polar surface area (TPSA) is 107 Å². The zero-order chi connectivity index (χ0) is 11.8. The van der Waals surface area contributed by atoms with E-state index < -0.39 is 35.7 Å². The SMILES string of the molecule is CCOC(=O)CC(CC(=O)O)C[N+](=O)[O-]. The first-order valence-corrected chi connectivity index (χ1v) is 4.44. The smallest absolute Gasteiger partial charge is 0.306 e. The molecule has 0 fully saturated rings. The van der Waals surface area contributed by atoms with Crippen LogP contribution in [0.4, 0.5) is 0 Å². The minimum Gasteiger partial charge on any atom is -0.481 e. The van der Waals surface area contributed by atoms with Gasteiger partial charge in [-0.1, -0.05) is 0 Å². The van der Waals surface area contributed by atoms with Crippen LogP contribution >= 0.6 is 0 Å². The molecule has 0 radical (unpaired) electrons. The van der Waals surface area contributed by atoms with Gasteiger partial charge in [-0.3, -0.25) is 19.7 Å². The van der Waals surface area contributed by atoms with E-state index in [1.807, 2.05) is 0 Å². The summed E-state index contributed by atoms with van der Waals surface area (Å²) in [6.45, 7) is 1.25. The van der Waals surface area contributed by atoms with Crippen LogP contribution in [0.5, 0.6) is 0 Å². The standard InChI is InChI=1S/C8H13NO6/c1-2-15-8(12)4-6(3-7(10)11)5-9(13)14/h6H,2-5H2,1H3,(H,10,11). The number of ether oxygens (including phenoxy) is 1. The van der Waals surface area contributed by atoms with Gasteiger partial charge in [0.15, 0.2) is 0 Å². The lowest BCUT2D eigenvalue weighted by Crippen LogP contribution is -2.22. The highest BCUT2D eigenvalue weighted by Crippen LogP contribution is 2.10. The molecule has 0 spiro atoms. The summed E-state index contributed by atoms with van der Waals surface area (Å²) in [5.74, 6) is -2.58. The Bertz CT molecular complexity index is 236. The Kier molecular flexibility index (Phi) is 6.00. The monoisotopic (exact) mass is 219 g/mol. The van der Waals surface area contributed by atoms with E-state index in [-0.39, 0.29) is 13.0 Å². The van der Waals surface area contributed by atoms with E-state index in [2.05, 4.69) is 4.74 Å². The summed E-state index contributed by atoms with van der Waals surface area (Å²) in [6, 6.07) is 0. The first-order valence-electron chi connectivity index (χ1n) is 4.44. The van der Waals surface area contributed by atoms with Gasteiger partial charge in [0, 0.05) is 10.8 Å². The quantitative estimate of drug-likeness (QED) is 0.375. The molecule has 0 aromatic rings. The predicted octanol–water partition coefficient (Wildman–Crippen LogP) is 0.307. The fraction of sp³-hybridized carbons (Fsp3) is 0.750. The molecule has 0 saturated carbocycles. The zero-order valence-electron chi connectivity index (χ0n) is 8.34. The summed E-state index contributed by atoms with van der Waals surface area (Å²) < 4.78 is 4.58. The lowest BCUT2D eigenvalue weighted by Gasteiger charge is -2.08. The Balaban J connectivity index is 4.16. The predicted molar refractivity (Wildman–Crippen MR) is 48.9 cm³/mol. The van der Waals surface area contributed by atoms with E-state index in [1.54, 1.807) is 6.92 Å². The average Bonchev–Trinajstić information content (AvgIpc) is 2.00. The van der Waals surface area contributed by atoms with Gasteiger partial charge in [0.25, 0.3) is 0 Å². The van der Waals surface area contributed by atoms with Gasteiger partial charge in [0.1, 0.15) is 0 Å². The molecule has 15 heavy (non-hydrogen) atoms. The molecular formula is C8H13NO6. The molecule has 0 saturated heterocycles. The number of carboxylic acids is 1. The van der Waals surface area contributed by atoms with E-state index >= 15 is 0 Å². The summed E-state index contributed by atoms with van der Waals surface area (Å²) in [4.78, 5) is 30.9. The van der Waals surface area contributed by atoms with Crippen LogP contribution in [0.25, 0.3) is 0 Å². The van der Waals surface area contributed by atoms with Gasteiger partial charge < -0.3 is 9.84 Å². The van der Waals surface area contributed by atoms with E-state index in [1.165, 1.54) is 0 Å². The van der Waals surface area contributed by atoms with Crippen molar-refractivity contribution in [3.05, 3.63) is 10.1 Å². The van der Waals surface area contributed by atoms with Crippen molar-refractivity contribution in [1.29, 1.82) is 0 Å². The molecule has 0 aromatic carbocycles. The molecule has 0 aliphatic rings. The Morgan fingerprint density at radius 1 is 1.47 bits per heavy atom. The number of rotatable bonds is 7. The summed E-state index contributed by atoms with van der Waals surface area (Å²) >= 11 is 0. The number of esters is 1. The Morgan fingerprint density at radius 2 is 2.07 bits per heavy atom. The van der Waals surface area contributed by atoms with E-state index in [0.29, 0.717) is 0 Å². The molecule has 0 rings (SSSR count). The van der Waals surface area contributed by atoms with Gasteiger partial charge in [-0.2, -0.15) is 0 Å². The molecule has 0 bridgehead atoms. The van der Waals surface area contributed by atoms with Crippen LogP contribution in [0.15, 0.2) is 0 Å². The van der Waals surface area contributed by atoms with E-state index in [9.17, 15) is 19.7 Å². The lowest BCUT2D eigenvalue weighted by atomic mass is 10.0. The minimum absolute atomic E-state index is 0.178. The average molecular weight is 219 g/mol. The molecule has 0 aliphatic carbocycles. The molecule has 1 atom stereocenters. The molecular weight excluding hydrogens is 206 g/mol. The third-order valence-electron chi connectivity index (χ3n) is 1.63. The van der Waals surface area contributed by atoms with Crippen molar-refractivity contribution in [3.63, 3.8) is 0 Å². The van der Waals surface area contributed by atoms with Crippen molar-refractivity contribution in [2.75, 3.05) is 13.2 Å². The summed E-state index contributed by atoms with van der Waals surface area (Å²) in [5, 5.41) is 18.7. The van der Waals surface area contributed by atoms with Gasteiger partial charge in [-0.25, -0.2) is 0 Å². The Hall–Kier alpha value is -1.66. The number of hydrogen-bond donors (Lipinski definition) is 1. The van der Waals surface area contributed by atoms with Crippen molar-refractivity contribution in [1.82, 2.24) is 0 Å². The fourth-order valence-electron chi connectivity index (χ4n) is 1.11. The normalized spacial score (nSPS) is 11.8. The number of nitrogens with zero attached hydrogens (tertiary/aromatic N) is 1. The van der Waals surface area contributed by atoms with E-state index in [4.69, 9.17) is 5.11 Å². The van der Waals surface area contributed by atoms with Gasteiger partial charge in [-0.15, -0.1) is 0 Å². The van der Waals surface area contributed by atoms with Crippen LogP contribution < -0.4 is 0 Å². The highest BCUT2D eigenvalue weighted by atomic mass is 16.6. The number of aliphatic carboxylic acids is 1. The summed E-state index contributed by atoms with van der Waals surface area (Å²) in [6.07, 6.45) is -0.638. The summed E-state index contributed by atoms with van der Waals surface area (Å²) in [7, 11) is 0.